The molecule has 0 spiro atoms. The van der Waals surface area contributed by atoms with Gasteiger partial charge < -0.3 is 4.43 Å². The molecule has 2 rings (SSSR count). The van der Waals surface area contributed by atoms with Gasteiger partial charge in [-0.15, -0.1) is 0 Å². The van der Waals surface area contributed by atoms with Crippen molar-refractivity contribution in [2.24, 2.45) is 5.92 Å². The van der Waals surface area contributed by atoms with E-state index < -0.39 is 13.9 Å². The Hall–Kier alpha value is -1.11. The van der Waals surface area contributed by atoms with E-state index in [1.54, 1.807) is 0 Å². The molecule has 96 valence electrons. The molecule has 1 saturated carbocycles. The van der Waals surface area contributed by atoms with E-state index in [2.05, 4.69) is 25.7 Å². The highest BCUT2D eigenvalue weighted by Gasteiger charge is 2.47. The zero-order valence-corrected chi connectivity index (χ0v) is 12.4. The summed E-state index contributed by atoms with van der Waals surface area (Å²) in [5, 5.41) is 9.78. The Morgan fingerprint density at radius 3 is 2.22 bits per heavy atom. The van der Waals surface area contributed by atoms with Crippen LogP contribution in [-0.2, 0) is 10.0 Å². The lowest BCUT2D eigenvalue weighted by Gasteiger charge is -2.44. The molecule has 0 heterocycles. The topological polar surface area (TPSA) is 33.0 Å². The predicted octanol–water partition coefficient (Wildman–Crippen LogP) is 4.06. The lowest BCUT2D eigenvalue weighted by molar-refractivity contribution is 0.0108. The molecule has 1 aromatic rings. The third-order valence-corrected chi connectivity index (χ3v) is 4.45. The van der Waals surface area contributed by atoms with Gasteiger partial charge in [0.25, 0.3) is 0 Å². The molecule has 0 radical (unpaired) electrons. The van der Waals surface area contributed by atoms with Crippen molar-refractivity contribution in [3.63, 3.8) is 0 Å². The van der Waals surface area contributed by atoms with E-state index in [-0.39, 0.29) is 0 Å². The van der Waals surface area contributed by atoms with E-state index >= 15 is 0 Å². The summed E-state index contributed by atoms with van der Waals surface area (Å²) in [6.07, 6.45) is 3.43. The molecule has 1 aliphatic rings. The summed E-state index contributed by atoms with van der Waals surface area (Å²) < 4.78 is 6.34. The normalized spacial score (nSPS) is 19.7. The number of nitrogens with zero attached hydrogens (tertiary/aromatic N) is 1. The van der Waals surface area contributed by atoms with Gasteiger partial charge in [0.1, 0.15) is 6.07 Å². The van der Waals surface area contributed by atoms with E-state index in [0.717, 1.165) is 18.4 Å². The van der Waals surface area contributed by atoms with Gasteiger partial charge in [0, 0.05) is 5.92 Å². The highest BCUT2D eigenvalue weighted by Crippen LogP contribution is 2.46. The van der Waals surface area contributed by atoms with Crippen LogP contribution in [0.2, 0.25) is 19.6 Å². The van der Waals surface area contributed by atoms with Crippen LogP contribution in [-0.4, -0.2) is 8.32 Å². The van der Waals surface area contributed by atoms with Crippen LogP contribution in [0.4, 0.5) is 0 Å². The van der Waals surface area contributed by atoms with Gasteiger partial charge in [-0.05, 0) is 38.0 Å². The third-order valence-electron chi connectivity index (χ3n) is 3.52. The molecule has 2 nitrogen and oxygen atoms in total. The van der Waals surface area contributed by atoms with Crippen molar-refractivity contribution >= 4 is 8.32 Å². The second-order valence-corrected chi connectivity index (χ2v) is 10.5. The Balaban J connectivity index is 2.41. The van der Waals surface area contributed by atoms with Crippen LogP contribution >= 0.6 is 0 Å². The van der Waals surface area contributed by atoms with Crippen molar-refractivity contribution in [3.8, 4) is 6.07 Å². The molecule has 0 aliphatic heterocycles. The molecule has 0 bridgehead atoms. The second-order valence-electron chi connectivity index (χ2n) is 6.06. The Labute approximate surface area is 111 Å². The first kappa shape index (κ1) is 13.3. The molecule has 18 heavy (non-hydrogen) atoms. The Morgan fingerprint density at radius 2 is 1.83 bits per heavy atom. The molecule has 0 N–H and O–H groups in total. The molecule has 0 aromatic heterocycles. The van der Waals surface area contributed by atoms with Crippen molar-refractivity contribution in [1.82, 2.24) is 0 Å². The average molecular weight is 259 g/mol. The first-order valence-corrected chi connectivity index (χ1v) is 10.1. The number of hydrogen-bond donors (Lipinski definition) is 0. The minimum atomic E-state index is -1.76. The highest BCUT2D eigenvalue weighted by molar-refractivity contribution is 6.69. The molecule has 1 aromatic carbocycles. The molecule has 1 aliphatic carbocycles. The molecule has 1 unspecified atom stereocenters. The summed E-state index contributed by atoms with van der Waals surface area (Å²) in [6, 6.07) is 12.5. The lowest BCUT2D eigenvalue weighted by atomic mass is 9.70. The summed E-state index contributed by atoms with van der Waals surface area (Å²) in [5.74, 6) is 0.358. The molecule has 1 fully saturated rings. The summed E-state index contributed by atoms with van der Waals surface area (Å²) in [6.45, 7) is 6.46. The first-order valence-electron chi connectivity index (χ1n) is 6.65. The number of benzene rings is 1. The van der Waals surface area contributed by atoms with Gasteiger partial charge in [-0.25, -0.2) is 0 Å². The van der Waals surface area contributed by atoms with Crippen molar-refractivity contribution in [2.45, 2.75) is 44.5 Å². The van der Waals surface area contributed by atoms with E-state index in [1.807, 2.05) is 30.3 Å². The minimum absolute atomic E-state index is 0.358. The van der Waals surface area contributed by atoms with Crippen molar-refractivity contribution in [1.29, 1.82) is 5.26 Å². The standard InChI is InChI=1S/C15H21NOSi/c1-18(2,3)17-15(12-16,14-10-7-11-14)13-8-5-4-6-9-13/h4-6,8-9,14H,7,10-11H2,1-3H3. The zero-order valence-electron chi connectivity index (χ0n) is 11.4. The van der Waals surface area contributed by atoms with E-state index in [1.165, 1.54) is 6.42 Å². The van der Waals surface area contributed by atoms with Crippen LogP contribution in [0.3, 0.4) is 0 Å². The van der Waals surface area contributed by atoms with Gasteiger partial charge in [-0.1, -0.05) is 36.8 Å². The molecular weight excluding hydrogens is 238 g/mol. The number of nitriles is 1. The van der Waals surface area contributed by atoms with Gasteiger partial charge in [-0.3, -0.25) is 0 Å². The Morgan fingerprint density at radius 1 is 1.22 bits per heavy atom. The van der Waals surface area contributed by atoms with Crippen LogP contribution in [0.1, 0.15) is 24.8 Å². The quantitative estimate of drug-likeness (QED) is 0.764. The monoisotopic (exact) mass is 259 g/mol. The van der Waals surface area contributed by atoms with Crippen LogP contribution in [0.5, 0.6) is 0 Å². The lowest BCUT2D eigenvalue weighted by Crippen LogP contribution is -2.47. The van der Waals surface area contributed by atoms with Crippen molar-refractivity contribution in [3.05, 3.63) is 35.9 Å². The fourth-order valence-corrected chi connectivity index (χ4v) is 3.84. The first-order chi connectivity index (χ1) is 8.48. The van der Waals surface area contributed by atoms with Crippen LogP contribution < -0.4 is 0 Å². The number of hydrogen-bond acceptors (Lipinski definition) is 2. The maximum Gasteiger partial charge on any atom is 0.186 e. The van der Waals surface area contributed by atoms with Crippen molar-refractivity contribution in [2.75, 3.05) is 0 Å². The number of rotatable bonds is 4. The van der Waals surface area contributed by atoms with Crippen LogP contribution in [0.15, 0.2) is 30.3 Å². The third kappa shape index (κ3) is 2.50. The molecule has 1 atom stereocenters. The van der Waals surface area contributed by atoms with Gasteiger partial charge >= 0.3 is 0 Å². The molecule has 0 saturated heterocycles. The summed E-state index contributed by atoms with van der Waals surface area (Å²) in [7, 11) is -1.76. The van der Waals surface area contributed by atoms with E-state index in [9.17, 15) is 5.26 Å². The maximum atomic E-state index is 9.78. The SMILES string of the molecule is C[Si](C)(C)OC(C#N)(c1ccccc1)C1CCC1. The van der Waals surface area contributed by atoms with Gasteiger partial charge in [0.05, 0.1) is 0 Å². The Bertz CT molecular complexity index is 442. The molecule has 0 amide bonds. The smallest absolute Gasteiger partial charge is 0.186 e. The molecule has 3 heteroatoms. The van der Waals surface area contributed by atoms with Crippen molar-refractivity contribution < 1.29 is 4.43 Å². The Kier molecular flexibility index (Phi) is 3.60. The fraction of sp³-hybridized carbons (Fsp3) is 0.533. The average Bonchev–Trinajstić information content (AvgIpc) is 2.25. The zero-order chi connectivity index (χ0) is 13.2. The van der Waals surface area contributed by atoms with E-state index in [4.69, 9.17) is 4.43 Å². The fourth-order valence-electron chi connectivity index (χ4n) is 2.54. The van der Waals surface area contributed by atoms with Gasteiger partial charge in [-0.2, -0.15) is 5.26 Å². The summed E-state index contributed by atoms with van der Waals surface area (Å²) in [5.41, 5.74) is 0.309. The second kappa shape index (κ2) is 4.87. The predicted molar refractivity (Wildman–Crippen MR) is 75.5 cm³/mol. The molecular formula is C15H21NOSi. The minimum Gasteiger partial charge on any atom is -0.396 e. The van der Waals surface area contributed by atoms with Crippen LogP contribution in [0, 0.1) is 17.2 Å². The van der Waals surface area contributed by atoms with Gasteiger partial charge in [0.15, 0.2) is 13.9 Å². The highest BCUT2D eigenvalue weighted by atomic mass is 28.4. The van der Waals surface area contributed by atoms with Gasteiger partial charge in [0.2, 0.25) is 0 Å². The van der Waals surface area contributed by atoms with Crippen LogP contribution in [0.25, 0.3) is 0 Å². The van der Waals surface area contributed by atoms with E-state index in [0.29, 0.717) is 5.92 Å². The largest absolute Gasteiger partial charge is 0.396 e. The summed E-state index contributed by atoms with van der Waals surface area (Å²) >= 11 is 0. The summed E-state index contributed by atoms with van der Waals surface area (Å²) in [4.78, 5) is 0. The maximum absolute atomic E-state index is 9.78.